The third-order valence-electron chi connectivity index (χ3n) is 5.15. The highest BCUT2D eigenvalue weighted by atomic mass is 32.1. The normalized spacial score (nSPS) is 10.4. The average Bonchev–Trinajstić information content (AvgIpc) is 2.87. The number of hydrogen-bond acceptors (Lipinski definition) is 7. The number of aromatic nitrogens is 1. The molecule has 0 aliphatic carbocycles. The van der Waals surface area contributed by atoms with Crippen molar-refractivity contribution in [2.24, 2.45) is 0 Å². The monoisotopic (exact) mass is 485 g/mol. The lowest BCUT2D eigenvalue weighted by Crippen LogP contribution is -2.42. The molecule has 0 aliphatic rings. The van der Waals surface area contributed by atoms with Gasteiger partial charge in [-0.25, -0.2) is 4.98 Å². The second-order valence-electron chi connectivity index (χ2n) is 7.55. The van der Waals surface area contributed by atoms with Gasteiger partial charge in [-0.3, -0.25) is 35.9 Å². The second-order valence-corrected chi connectivity index (χ2v) is 7.95. The van der Waals surface area contributed by atoms with Gasteiger partial charge in [-0.15, -0.1) is 0 Å². The number of anilines is 1. The van der Waals surface area contributed by atoms with Crippen LogP contribution < -0.4 is 16.2 Å². The lowest BCUT2D eigenvalue weighted by Gasteiger charge is -2.14. The quantitative estimate of drug-likeness (QED) is 0.156. The van der Waals surface area contributed by atoms with Crippen LogP contribution in [0.4, 0.5) is 11.4 Å². The van der Waals surface area contributed by atoms with Crippen LogP contribution in [0.2, 0.25) is 0 Å². The first-order valence-corrected chi connectivity index (χ1v) is 10.9. The summed E-state index contributed by atoms with van der Waals surface area (Å²) < 4.78 is 0. The zero-order valence-electron chi connectivity index (χ0n) is 18.4. The number of fused-ring (bicyclic) bond motifs is 1. The number of thiocarbonyl (C=S) groups is 1. The molecule has 0 unspecified atom stereocenters. The van der Waals surface area contributed by atoms with E-state index in [1.165, 1.54) is 31.2 Å². The van der Waals surface area contributed by atoms with Crippen LogP contribution in [0.15, 0.2) is 78.9 Å². The highest BCUT2D eigenvalue weighted by Crippen LogP contribution is 2.26. The van der Waals surface area contributed by atoms with E-state index in [2.05, 4.69) is 21.2 Å². The van der Waals surface area contributed by atoms with Crippen molar-refractivity contribution in [3.05, 3.63) is 100 Å². The molecule has 0 fully saturated rings. The Labute approximate surface area is 205 Å². The number of nitrogens with zero attached hydrogens (tertiary/aromatic N) is 2. The van der Waals surface area contributed by atoms with Crippen LogP contribution >= 0.6 is 12.2 Å². The molecule has 35 heavy (non-hydrogen) atoms. The molecular weight excluding hydrogens is 466 g/mol. The highest BCUT2D eigenvalue weighted by Gasteiger charge is 2.16. The minimum Gasteiger partial charge on any atom is -0.299 e. The number of nitro groups is 1. The fourth-order valence-corrected chi connectivity index (χ4v) is 3.53. The molecule has 0 saturated heterocycles. The topological polar surface area (TPSA) is 126 Å². The van der Waals surface area contributed by atoms with Crippen molar-refractivity contribution in [3.8, 4) is 11.3 Å². The number of carbonyl (C=O) groups is 2. The number of amides is 1. The Morgan fingerprint density at radius 1 is 0.971 bits per heavy atom. The number of benzene rings is 3. The predicted molar refractivity (Wildman–Crippen MR) is 137 cm³/mol. The number of rotatable bonds is 6. The van der Waals surface area contributed by atoms with Gasteiger partial charge in [0.25, 0.3) is 11.6 Å². The van der Waals surface area contributed by atoms with Crippen molar-refractivity contribution in [2.75, 3.05) is 5.43 Å². The van der Waals surface area contributed by atoms with E-state index in [0.29, 0.717) is 33.4 Å². The molecule has 1 amide bonds. The van der Waals surface area contributed by atoms with Gasteiger partial charge in [0.15, 0.2) is 10.9 Å². The number of hydrogen-bond donors (Lipinski definition) is 3. The minimum atomic E-state index is -0.498. The molecule has 0 spiro atoms. The molecule has 4 aromatic rings. The molecule has 0 bridgehead atoms. The van der Waals surface area contributed by atoms with Gasteiger partial charge in [-0.2, -0.15) is 0 Å². The van der Waals surface area contributed by atoms with Gasteiger partial charge in [0, 0.05) is 28.6 Å². The molecule has 10 heteroatoms. The number of nitro benzene ring substituents is 1. The molecule has 3 aromatic carbocycles. The molecule has 174 valence electrons. The van der Waals surface area contributed by atoms with E-state index in [1.54, 1.807) is 24.3 Å². The third kappa shape index (κ3) is 5.45. The van der Waals surface area contributed by atoms with Crippen molar-refractivity contribution in [1.29, 1.82) is 0 Å². The Balaban J connectivity index is 1.59. The zero-order valence-corrected chi connectivity index (χ0v) is 19.3. The van der Waals surface area contributed by atoms with Crippen molar-refractivity contribution in [3.63, 3.8) is 0 Å². The molecule has 3 N–H and O–H groups in total. The first-order chi connectivity index (χ1) is 16.8. The molecule has 9 nitrogen and oxygen atoms in total. The molecule has 0 aliphatic heterocycles. The number of nitrogens with one attached hydrogen (secondary N) is 3. The SMILES string of the molecule is CC(=O)c1ccc2nc(-c3ccccc3)cc(C(=O)NC(=S)NNc3ccc([N+](=O)[O-])cc3)c2c1. The summed E-state index contributed by atoms with van der Waals surface area (Å²) in [6.07, 6.45) is 0. The molecule has 4 rings (SSSR count). The predicted octanol–water partition coefficient (Wildman–Crippen LogP) is 4.64. The summed E-state index contributed by atoms with van der Waals surface area (Å²) in [5, 5.41) is 13.9. The Morgan fingerprint density at radius 2 is 1.69 bits per heavy atom. The van der Waals surface area contributed by atoms with Gasteiger partial charge < -0.3 is 0 Å². The largest absolute Gasteiger partial charge is 0.299 e. The third-order valence-corrected chi connectivity index (χ3v) is 5.36. The van der Waals surface area contributed by atoms with E-state index in [4.69, 9.17) is 12.2 Å². The first-order valence-electron chi connectivity index (χ1n) is 10.4. The van der Waals surface area contributed by atoms with E-state index >= 15 is 0 Å². The Morgan fingerprint density at radius 3 is 2.34 bits per heavy atom. The molecule has 1 heterocycles. The fourth-order valence-electron chi connectivity index (χ4n) is 3.39. The summed E-state index contributed by atoms with van der Waals surface area (Å²) in [7, 11) is 0. The van der Waals surface area contributed by atoms with Crippen LogP contribution in [-0.2, 0) is 0 Å². The van der Waals surface area contributed by atoms with Crippen LogP contribution in [0.25, 0.3) is 22.2 Å². The van der Waals surface area contributed by atoms with Crippen molar-refractivity contribution >= 4 is 51.3 Å². The van der Waals surface area contributed by atoms with E-state index in [9.17, 15) is 19.7 Å². The van der Waals surface area contributed by atoms with Crippen LogP contribution in [0.1, 0.15) is 27.6 Å². The van der Waals surface area contributed by atoms with Crippen LogP contribution in [-0.4, -0.2) is 26.7 Å². The lowest BCUT2D eigenvalue weighted by atomic mass is 10.0. The summed E-state index contributed by atoms with van der Waals surface area (Å²) in [5.74, 6) is -0.617. The van der Waals surface area contributed by atoms with E-state index < -0.39 is 10.8 Å². The van der Waals surface area contributed by atoms with E-state index in [1.807, 2.05) is 30.3 Å². The summed E-state index contributed by atoms with van der Waals surface area (Å²) >= 11 is 5.23. The molecule has 1 aromatic heterocycles. The summed E-state index contributed by atoms with van der Waals surface area (Å²) in [6, 6.07) is 21.8. The average molecular weight is 486 g/mol. The number of ketones is 1. The fraction of sp³-hybridized carbons (Fsp3) is 0.0400. The Kier molecular flexibility index (Phi) is 6.74. The number of non-ortho nitro benzene ring substituents is 1. The number of pyridine rings is 1. The van der Waals surface area contributed by atoms with Crippen molar-refractivity contribution in [1.82, 2.24) is 15.7 Å². The molecular formula is C25H19N5O4S. The van der Waals surface area contributed by atoms with E-state index in [-0.39, 0.29) is 16.6 Å². The van der Waals surface area contributed by atoms with Gasteiger partial charge in [0.05, 0.1) is 27.4 Å². The summed E-state index contributed by atoms with van der Waals surface area (Å²) in [6.45, 7) is 1.45. The highest BCUT2D eigenvalue weighted by molar-refractivity contribution is 7.80. The lowest BCUT2D eigenvalue weighted by molar-refractivity contribution is -0.384. The first kappa shape index (κ1) is 23.5. The van der Waals surface area contributed by atoms with E-state index in [0.717, 1.165) is 5.56 Å². The smallest absolute Gasteiger partial charge is 0.269 e. The van der Waals surface area contributed by atoms with Crippen LogP contribution in [0, 0.1) is 10.1 Å². The van der Waals surface area contributed by atoms with Crippen molar-refractivity contribution < 1.29 is 14.5 Å². The van der Waals surface area contributed by atoms with Gasteiger partial charge >= 0.3 is 0 Å². The Bertz CT molecular complexity index is 1460. The maximum Gasteiger partial charge on any atom is 0.269 e. The van der Waals surface area contributed by atoms with Crippen LogP contribution in [0.5, 0.6) is 0 Å². The van der Waals surface area contributed by atoms with Crippen molar-refractivity contribution in [2.45, 2.75) is 6.92 Å². The Hall–Kier alpha value is -4.70. The zero-order chi connectivity index (χ0) is 24.9. The molecule has 0 radical (unpaired) electrons. The summed E-state index contributed by atoms with van der Waals surface area (Å²) in [4.78, 5) is 40.1. The number of carbonyl (C=O) groups excluding carboxylic acids is 2. The molecule has 0 atom stereocenters. The van der Waals surface area contributed by atoms with Gasteiger partial charge in [-0.1, -0.05) is 30.3 Å². The summed E-state index contributed by atoms with van der Waals surface area (Å²) in [5.41, 5.74) is 8.68. The van der Waals surface area contributed by atoms with Gasteiger partial charge in [0.2, 0.25) is 0 Å². The minimum absolute atomic E-state index is 0.0118. The number of Topliss-reactive ketones (excluding diaryl/α,β-unsaturated/α-hetero) is 1. The maximum absolute atomic E-state index is 13.2. The second kappa shape index (κ2) is 10.1. The van der Waals surface area contributed by atoms with Crippen LogP contribution in [0.3, 0.4) is 0 Å². The van der Waals surface area contributed by atoms with Gasteiger partial charge in [0.1, 0.15) is 0 Å². The maximum atomic E-state index is 13.2. The number of hydrazine groups is 1. The van der Waals surface area contributed by atoms with Gasteiger partial charge in [-0.05, 0) is 55.5 Å². The molecule has 0 saturated carbocycles. The standard InChI is InChI=1S/C25H19N5O4S/c1-15(31)17-7-12-22-20(13-17)21(14-23(26-22)16-5-3-2-4-6-16)24(32)27-25(35)29-28-18-8-10-19(11-9-18)30(33)34/h2-14,28H,1H3,(H2,27,29,32,35).